The second-order valence-corrected chi connectivity index (χ2v) is 8.08. The molecule has 0 unspecified atom stereocenters. The first-order chi connectivity index (χ1) is 12.6. The minimum absolute atomic E-state index is 0. The molecule has 0 atom stereocenters. The van der Waals surface area contributed by atoms with Crippen LogP contribution in [0, 0.1) is 11.2 Å². The summed E-state index contributed by atoms with van der Waals surface area (Å²) in [5, 5.41) is 0. The number of amides is 1. The molecule has 1 heterocycles. The summed E-state index contributed by atoms with van der Waals surface area (Å²) in [4.78, 5) is 17.3. The van der Waals surface area contributed by atoms with E-state index in [1.807, 2.05) is 17.0 Å². The van der Waals surface area contributed by atoms with E-state index in [9.17, 15) is 9.18 Å². The highest BCUT2D eigenvalue weighted by Gasteiger charge is 2.34. The van der Waals surface area contributed by atoms with Crippen LogP contribution in [0.2, 0.25) is 0 Å². The number of carbonyl (C=O) groups excluding carboxylic acids is 1. The number of benzene rings is 1. The van der Waals surface area contributed by atoms with Gasteiger partial charge < -0.3 is 10.6 Å². The Kier molecular flexibility index (Phi) is 10.7. The van der Waals surface area contributed by atoms with Crippen molar-refractivity contribution in [3.05, 3.63) is 35.6 Å². The molecule has 1 amide bonds. The Morgan fingerprint density at radius 3 is 2.29 bits per heavy atom. The molecule has 3 rings (SSSR count). The summed E-state index contributed by atoms with van der Waals surface area (Å²) in [6.45, 7) is 4.90. The summed E-state index contributed by atoms with van der Waals surface area (Å²) >= 11 is 0. The number of halogens is 3. The Morgan fingerprint density at radius 2 is 1.64 bits per heavy atom. The minimum Gasteiger partial charge on any atom is -0.341 e. The van der Waals surface area contributed by atoms with Gasteiger partial charge in [-0.05, 0) is 48.9 Å². The van der Waals surface area contributed by atoms with Gasteiger partial charge in [-0.15, -0.1) is 24.8 Å². The molecule has 1 aromatic carbocycles. The molecule has 1 aromatic rings. The Balaban J connectivity index is 0.00000196. The molecule has 1 saturated heterocycles. The average molecular weight is 434 g/mol. The third-order valence-electron chi connectivity index (χ3n) is 6.13. The van der Waals surface area contributed by atoms with Crippen LogP contribution >= 0.6 is 24.8 Å². The molecule has 0 radical (unpaired) electrons. The Bertz CT molecular complexity index is 594. The van der Waals surface area contributed by atoms with E-state index in [2.05, 4.69) is 4.90 Å². The highest BCUT2D eigenvalue weighted by molar-refractivity contribution is 5.85. The van der Waals surface area contributed by atoms with Crippen molar-refractivity contribution in [1.29, 1.82) is 0 Å². The quantitative estimate of drug-likeness (QED) is 0.762. The van der Waals surface area contributed by atoms with E-state index >= 15 is 0 Å². The van der Waals surface area contributed by atoms with Gasteiger partial charge in [0.2, 0.25) is 5.91 Å². The Hall–Kier alpha value is -0.880. The van der Waals surface area contributed by atoms with Gasteiger partial charge in [-0.2, -0.15) is 0 Å². The smallest absolute Gasteiger partial charge is 0.223 e. The first-order valence-electron chi connectivity index (χ1n) is 10.0. The summed E-state index contributed by atoms with van der Waals surface area (Å²) in [7, 11) is 0. The van der Waals surface area contributed by atoms with E-state index in [0.29, 0.717) is 13.0 Å². The predicted molar refractivity (Wildman–Crippen MR) is 117 cm³/mol. The molecule has 1 saturated carbocycles. The maximum atomic E-state index is 13.1. The highest BCUT2D eigenvalue weighted by atomic mass is 35.5. The summed E-state index contributed by atoms with van der Waals surface area (Å²) in [5.74, 6) is 0.0823. The average Bonchev–Trinajstić information content (AvgIpc) is 2.90. The maximum absolute atomic E-state index is 13.1. The standard InChI is InChI=1S/C21H32FN3O.2ClH/c22-19-7-5-18(6-8-19)16-24-11-4-12-25(14-13-24)20(26)15-21(17-23)9-2-1-3-10-21;;/h5-8H,1-4,9-17,23H2;2*1H. The monoisotopic (exact) mass is 433 g/mol. The van der Waals surface area contributed by atoms with Crippen molar-refractivity contribution >= 4 is 30.7 Å². The third-order valence-corrected chi connectivity index (χ3v) is 6.13. The molecule has 28 heavy (non-hydrogen) atoms. The first-order valence-corrected chi connectivity index (χ1v) is 10.0. The van der Waals surface area contributed by atoms with Crippen molar-refractivity contribution in [3.8, 4) is 0 Å². The molecule has 7 heteroatoms. The number of rotatable bonds is 5. The van der Waals surface area contributed by atoms with Crippen molar-refractivity contribution < 1.29 is 9.18 Å². The molecule has 1 aliphatic carbocycles. The molecule has 0 bridgehead atoms. The lowest BCUT2D eigenvalue weighted by molar-refractivity contribution is -0.134. The fourth-order valence-electron chi connectivity index (χ4n) is 4.41. The molecule has 1 aliphatic heterocycles. The zero-order valence-corrected chi connectivity index (χ0v) is 18.2. The molecule has 0 spiro atoms. The van der Waals surface area contributed by atoms with Gasteiger partial charge in [0.15, 0.2) is 0 Å². The Morgan fingerprint density at radius 1 is 0.964 bits per heavy atom. The van der Waals surface area contributed by atoms with Crippen LogP contribution < -0.4 is 5.73 Å². The van der Waals surface area contributed by atoms with Crippen LogP contribution in [0.15, 0.2) is 24.3 Å². The van der Waals surface area contributed by atoms with Crippen LogP contribution in [0.1, 0.15) is 50.5 Å². The van der Waals surface area contributed by atoms with Gasteiger partial charge in [-0.1, -0.05) is 31.4 Å². The summed E-state index contributed by atoms with van der Waals surface area (Å²) in [6.07, 6.45) is 7.48. The highest BCUT2D eigenvalue weighted by Crippen LogP contribution is 2.38. The van der Waals surface area contributed by atoms with E-state index in [1.54, 1.807) is 0 Å². The molecule has 0 aromatic heterocycles. The third kappa shape index (κ3) is 6.87. The van der Waals surface area contributed by atoms with Gasteiger partial charge in [0, 0.05) is 39.1 Å². The SMILES string of the molecule is Cl.Cl.NCC1(CC(=O)N2CCCN(Cc3ccc(F)cc3)CC2)CCCCC1. The van der Waals surface area contributed by atoms with E-state index < -0.39 is 0 Å². The number of carbonyl (C=O) groups is 1. The second-order valence-electron chi connectivity index (χ2n) is 8.08. The molecular formula is C21H34Cl2FN3O. The Labute approximate surface area is 180 Å². The van der Waals surface area contributed by atoms with Gasteiger partial charge in [-0.25, -0.2) is 4.39 Å². The van der Waals surface area contributed by atoms with Crippen LogP contribution in [0.25, 0.3) is 0 Å². The predicted octanol–water partition coefficient (Wildman–Crippen LogP) is 4.00. The van der Waals surface area contributed by atoms with Crippen molar-refractivity contribution in [1.82, 2.24) is 9.80 Å². The molecule has 4 nitrogen and oxygen atoms in total. The normalized spacial score (nSPS) is 19.9. The van der Waals surface area contributed by atoms with Crippen LogP contribution in [0.5, 0.6) is 0 Å². The minimum atomic E-state index is -0.196. The van der Waals surface area contributed by atoms with E-state index in [4.69, 9.17) is 5.73 Å². The molecule has 160 valence electrons. The fraction of sp³-hybridized carbons (Fsp3) is 0.667. The summed E-state index contributed by atoms with van der Waals surface area (Å²) in [6, 6.07) is 6.72. The number of hydrogen-bond donors (Lipinski definition) is 1. The van der Waals surface area contributed by atoms with Gasteiger partial charge in [-0.3, -0.25) is 9.69 Å². The van der Waals surface area contributed by atoms with E-state index in [1.165, 1.54) is 31.4 Å². The zero-order chi connectivity index (χ0) is 18.4. The van der Waals surface area contributed by atoms with Gasteiger partial charge in [0.25, 0.3) is 0 Å². The van der Waals surface area contributed by atoms with Crippen molar-refractivity contribution in [2.45, 2.75) is 51.5 Å². The molecule has 2 aliphatic rings. The van der Waals surface area contributed by atoms with Crippen molar-refractivity contribution in [2.75, 3.05) is 32.7 Å². The molecule has 2 fully saturated rings. The van der Waals surface area contributed by atoms with Crippen molar-refractivity contribution in [3.63, 3.8) is 0 Å². The first kappa shape index (κ1) is 25.2. The second kappa shape index (κ2) is 12.0. The lowest BCUT2D eigenvalue weighted by Crippen LogP contribution is -2.41. The van der Waals surface area contributed by atoms with E-state index in [-0.39, 0.29) is 42.0 Å². The van der Waals surface area contributed by atoms with E-state index in [0.717, 1.165) is 57.5 Å². The van der Waals surface area contributed by atoms with Crippen LogP contribution in [0.3, 0.4) is 0 Å². The molecular weight excluding hydrogens is 400 g/mol. The lowest BCUT2D eigenvalue weighted by atomic mass is 9.71. The van der Waals surface area contributed by atoms with Gasteiger partial charge in [0.1, 0.15) is 5.82 Å². The van der Waals surface area contributed by atoms with Crippen LogP contribution in [0.4, 0.5) is 4.39 Å². The van der Waals surface area contributed by atoms with Gasteiger partial charge >= 0.3 is 0 Å². The largest absolute Gasteiger partial charge is 0.341 e. The van der Waals surface area contributed by atoms with Crippen LogP contribution in [-0.4, -0.2) is 48.4 Å². The topological polar surface area (TPSA) is 49.6 Å². The number of nitrogens with two attached hydrogens (primary N) is 1. The van der Waals surface area contributed by atoms with Gasteiger partial charge in [0.05, 0.1) is 0 Å². The lowest BCUT2D eigenvalue weighted by Gasteiger charge is -2.37. The summed E-state index contributed by atoms with van der Waals surface area (Å²) in [5.41, 5.74) is 7.22. The molecule has 2 N–H and O–H groups in total. The number of hydrogen-bond acceptors (Lipinski definition) is 3. The fourth-order valence-corrected chi connectivity index (χ4v) is 4.41. The summed E-state index contributed by atoms with van der Waals surface area (Å²) < 4.78 is 13.1. The number of nitrogens with zero attached hydrogens (tertiary/aromatic N) is 2. The maximum Gasteiger partial charge on any atom is 0.223 e. The zero-order valence-electron chi connectivity index (χ0n) is 16.6. The van der Waals surface area contributed by atoms with Crippen molar-refractivity contribution in [2.24, 2.45) is 11.1 Å². The van der Waals surface area contributed by atoms with Crippen LogP contribution in [-0.2, 0) is 11.3 Å².